The standard InChI is InChI=1S/C9H14ClN5S/c1-9(2)5-15(3-4-16-9)8-13-6(10)12-7(11)14-8/h3-5H2,1-2H3,(H2,11,12,13,14). The predicted molar refractivity (Wildman–Crippen MR) is 68.0 cm³/mol. The smallest absolute Gasteiger partial charge is 0.231 e. The van der Waals surface area contributed by atoms with Gasteiger partial charge in [-0.3, -0.25) is 0 Å². The van der Waals surface area contributed by atoms with Crippen LogP contribution in [0.2, 0.25) is 5.28 Å². The summed E-state index contributed by atoms with van der Waals surface area (Å²) >= 11 is 7.72. The average molecular weight is 260 g/mol. The van der Waals surface area contributed by atoms with Gasteiger partial charge in [-0.2, -0.15) is 26.7 Å². The zero-order valence-electron chi connectivity index (χ0n) is 9.27. The fourth-order valence-electron chi connectivity index (χ4n) is 1.68. The molecule has 0 unspecified atom stereocenters. The van der Waals surface area contributed by atoms with Crippen LogP contribution in [0, 0.1) is 0 Å². The lowest BCUT2D eigenvalue weighted by Gasteiger charge is -2.37. The molecule has 16 heavy (non-hydrogen) atoms. The first-order chi connectivity index (χ1) is 7.46. The summed E-state index contributed by atoms with van der Waals surface area (Å²) in [5.41, 5.74) is 5.56. The van der Waals surface area contributed by atoms with Crippen molar-refractivity contribution in [2.75, 3.05) is 29.5 Å². The van der Waals surface area contributed by atoms with Crippen molar-refractivity contribution in [3.8, 4) is 0 Å². The molecule has 1 aliphatic rings. The third-order valence-corrected chi connectivity index (χ3v) is 3.79. The second kappa shape index (κ2) is 4.25. The van der Waals surface area contributed by atoms with E-state index in [1.165, 1.54) is 0 Å². The molecule has 1 aliphatic heterocycles. The molecule has 0 spiro atoms. The first kappa shape index (κ1) is 11.7. The maximum absolute atomic E-state index is 5.77. The molecule has 0 saturated carbocycles. The summed E-state index contributed by atoms with van der Waals surface area (Å²) in [4.78, 5) is 14.1. The molecule has 88 valence electrons. The van der Waals surface area contributed by atoms with Gasteiger partial charge in [0, 0.05) is 23.6 Å². The molecule has 1 fully saturated rings. The number of anilines is 2. The Labute approximate surface area is 104 Å². The van der Waals surface area contributed by atoms with Gasteiger partial charge in [0.2, 0.25) is 17.2 Å². The maximum atomic E-state index is 5.77. The molecule has 2 rings (SSSR count). The zero-order valence-corrected chi connectivity index (χ0v) is 10.8. The normalized spacial score (nSPS) is 19.8. The number of nitrogens with zero attached hydrogens (tertiary/aromatic N) is 4. The van der Waals surface area contributed by atoms with E-state index in [0.717, 1.165) is 18.8 Å². The second-order valence-corrected chi connectivity index (χ2v) is 6.43. The van der Waals surface area contributed by atoms with Gasteiger partial charge in [0.15, 0.2) is 0 Å². The molecular formula is C9H14ClN5S. The highest BCUT2D eigenvalue weighted by molar-refractivity contribution is 8.00. The van der Waals surface area contributed by atoms with E-state index in [1.54, 1.807) is 0 Å². The molecule has 1 saturated heterocycles. The van der Waals surface area contributed by atoms with Crippen molar-refractivity contribution in [1.82, 2.24) is 15.0 Å². The first-order valence-electron chi connectivity index (χ1n) is 5.02. The quantitative estimate of drug-likeness (QED) is 0.823. The van der Waals surface area contributed by atoms with Gasteiger partial charge in [0.25, 0.3) is 0 Å². The highest BCUT2D eigenvalue weighted by Gasteiger charge is 2.28. The monoisotopic (exact) mass is 259 g/mol. The van der Waals surface area contributed by atoms with Gasteiger partial charge in [-0.15, -0.1) is 0 Å². The van der Waals surface area contributed by atoms with Crippen LogP contribution < -0.4 is 10.6 Å². The summed E-state index contributed by atoms with van der Waals surface area (Å²) in [6.07, 6.45) is 0. The minimum atomic E-state index is 0.151. The van der Waals surface area contributed by atoms with Crippen LogP contribution in [0.5, 0.6) is 0 Å². The molecule has 0 radical (unpaired) electrons. The molecule has 0 bridgehead atoms. The Balaban J connectivity index is 2.23. The summed E-state index contributed by atoms with van der Waals surface area (Å²) in [7, 11) is 0. The van der Waals surface area contributed by atoms with Crippen molar-refractivity contribution in [3.05, 3.63) is 5.28 Å². The van der Waals surface area contributed by atoms with Gasteiger partial charge >= 0.3 is 0 Å². The highest BCUT2D eigenvalue weighted by atomic mass is 35.5. The van der Waals surface area contributed by atoms with Crippen LogP contribution in [-0.2, 0) is 0 Å². The lowest BCUT2D eigenvalue weighted by molar-refractivity contribution is 0.634. The summed E-state index contributed by atoms with van der Waals surface area (Å²) in [5, 5.41) is 0.151. The van der Waals surface area contributed by atoms with Crippen molar-refractivity contribution in [1.29, 1.82) is 0 Å². The van der Waals surface area contributed by atoms with E-state index < -0.39 is 0 Å². The largest absolute Gasteiger partial charge is 0.368 e. The molecule has 1 aromatic rings. The van der Waals surface area contributed by atoms with E-state index in [9.17, 15) is 0 Å². The van der Waals surface area contributed by atoms with E-state index in [2.05, 4.69) is 33.7 Å². The number of halogens is 1. The van der Waals surface area contributed by atoms with Crippen LogP contribution in [0.3, 0.4) is 0 Å². The lowest BCUT2D eigenvalue weighted by Crippen LogP contribution is -2.44. The van der Waals surface area contributed by atoms with Crippen LogP contribution in [0.25, 0.3) is 0 Å². The summed E-state index contributed by atoms with van der Waals surface area (Å²) in [5.74, 6) is 1.80. The number of nitrogens with two attached hydrogens (primary N) is 1. The fraction of sp³-hybridized carbons (Fsp3) is 0.667. The Morgan fingerprint density at radius 3 is 2.75 bits per heavy atom. The average Bonchev–Trinajstić information content (AvgIpc) is 2.14. The highest BCUT2D eigenvalue weighted by Crippen LogP contribution is 2.31. The lowest BCUT2D eigenvalue weighted by atomic mass is 10.2. The van der Waals surface area contributed by atoms with Crippen LogP contribution in [0.1, 0.15) is 13.8 Å². The number of thioether (sulfide) groups is 1. The Kier molecular flexibility index (Phi) is 3.12. The molecule has 0 atom stereocenters. The van der Waals surface area contributed by atoms with E-state index in [-0.39, 0.29) is 16.0 Å². The molecule has 2 N–H and O–H groups in total. The molecule has 1 aromatic heterocycles. The summed E-state index contributed by atoms with van der Waals surface area (Å²) in [6.45, 7) is 6.21. The number of nitrogen functional groups attached to an aromatic ring is 1. The van der Waals surface area contributed by atoms with Gasteiger partial charge in [0.1, 0.15) is 0 Å². The predicted octanol–water partition coefficient (Wildman–Crippen LogP) is 1.44. The summed E-state index contributed by atoms with van der Waals surface area (Å²) in [6, 6.07) is 0. The third-order valence-electron chi connectivity index (χ3n) is 2.32. The van der Waals surface area contributed by atoms with Crippen molar-refractivity contribution in [2.45, 2.75) is 18.6 Å². The number of rotatable bonds is 1. The minimum Gasteiger partial charge on any atom is -0.368 e. The molecule has 0 amide bonds. The zero-order chi connectivity index (χ0) is 11.8. The van der Waals surface area contributed by atoms with Crippen LogP contribution in [0.4, 0.5) is 11.9 Å². The second-order valence-electron chi connectivity index (χ2n) is 4.29. The Bertz CT molecular complexity index is 377. The SMILES string of the molecule is CC1(C)CN(c2nc(N)nc(Cl)n2)CCS1. The van der Waals surface area contributed by atoms with E-state index in [4.69, 9.17) is 17.3 Å². The van der Waals surface area contributed by atoms with Gasteiger partial charge in [-0.05, 0) is 25.4 Å². The topological polar surface area (TPSA) is 67.9 Å². The van der Waals surface area contributed by atoms with Crippen molar-refractivity contribution in [2.24, 2.45) is 0 Å². The molecule has 2 heterocycles. The maximum Gasteiger partial charge on any atom is 0.231 e. The van der Waals surface area contributed by atoms with Crippen molar-refractivity contribution < 1.29 is 0 Å². The first-order valence-corrected chi connectivity index (χ1v) is 6.39. The van der Waals surface area contributed by atoms with Gasteiger partial charge < -0.3 is 10.6 Å². The number of aromatic nitrogens is 3. The number of hydrogen-bond acceptors (Lipinski definition) is 6. The van der Waals surface area contributed by atoms with Crippen molar-refractivity contribution >= 4 is 35.3 Å². The van der Waals surface area contributed by atoms with Crippen molar-refractivity contribution in [3.63, 3.8) is 0 Å². The summed E-state index contributed by atoms with van der Waals surface area (Å²) < 4.78 is 0.201. The van der Waals surface area contributed by atoms with E-state index >= 15 is 0 Å². The van der Waals surface area contributed by atoms with E-state index in [0.29, 0.717) is 5.95 Å². The third kappa shape index (κ3) is 2.68. The van der Waals surface area contributed by atoms with Gasteiger partial charge in [-0.1, -0.05) is 0 Å². The van der Waals surface area contributed by atoms with Crippen LogP contribution in [0.15, 0.2) is 0 Å². The Morgan fingerprint density at radius 1 is 1.38 bits per heavy atom. The molecule has 5 nitrogen and oxygen atoms in total. The van der Waals surface area contributed by atoms with Gasteiger partial charge in [0.05, 0.1) is 0 Å². The Morgan fingerprint density at radius 2 is 2.12 bits per heavy atom. The number of hydrogen-bond donors (Lipinski definition) is 1. The fourth-order valence-corrected chi connectivity index (χ4v) is 2.96. The van der Waals surface area contributed by atoms with Crippen LogP contribution in [-0.4, -0.2) is 38.5 Å². The molecular weight excluding hydrogens is 246 g/mol. The van der Waals surface area contributed by atoms with Crippen LogP contribution >= 0.6 is 23.4 Å². The molecule has 0 aliphatic carbocycles. The van der Waals surface area contributed by atoms with Gasteiger partial charge in [-0.25, -0.2) is 0 Å². The van der Waals surface area contributed by atoms with E-state index in [1.807, 2.05) is 11.8 Å². The molecule has 0 aromatic carbocycles. The molecule has 7 heteroatoms. The minimum absolute atomic E-state index is 0.151. The Hall–Kier alpha value is -0.750.